The van der Waals surface area contributed by atoms with Crippen molar-refractivity contribution in [3.8, 4) is 16.9 Å². The summed E-state index contributed by atoms with van der Waals surface area (Å²) in [5, 5.41) is 8.84. The highest BCUT2D eigenvalue weighted by Gasteiger charge is 2.30. The molecule has 186 valence electrons. The smallest absolute Gasteiger partial charge is 0.416 e. The molecule has 0 fully saturated rings. The molecule has 4 nitrogen and oxygen atoms in total. The fourth-order valence-corrected chi connectivity index (χ4v) is 3.92. The van der Waals surface area contributed by atoms with Gasteiger partial charge in [0, 0.05) is 18.8 Å². The number of hydrogen-bond acceptors (Lipinski definition) is 3. The third-order valence-electron chi connectivity index (χ3n) is 5.75. The van der Waals surface area contributed by atoms with E-state index in [2.05, 4.69) is 11.8 Å². The van der Waals surface area contributed by atoms with Gasteiger partial charge in [-0.15, -0.1) is 0 Å². The number of carboxylic acid groups (broad SMARTS) is 1. The first-order valence-electron chi connectivity index (χ1n) is 11.6. The number of nitrogens with zero attached hydrogens (tertiary/aromatic N) is 1. The first-order chi connectivity index (χ1) is 16.7. The Kier molecular flexibility index (Phi) is 8.79. The van der Waals surface area contributed by atoms with Crippen LogP contribution in [0.1, 0.15) is 42.9 Å². The number of aryl methyl sites for hydroxylation is 1. The largest absolute Gasteiger partial charge is 0.482 e. The standard InChI is InChI=1S/C28H30F3NO3/c1-3-4-5-15-32(18-21-9-14-26(20(2)16-21)35-19-27(33)34)25-8-6-7-23(17-25)22-10-12-24(13-11-22)28(29,30)31/h6-14,16-17H,3-5,15,18-19H2,1-2H3,(H,33,34). The zero-order valence-electron chi connectivity index (χ0n) is 19.9. The van der Waals surface area contributed by atoms with Gasteiger partial charge in [0.1, 0.15) is 5.75 Å². The van der Waals surface area contributed by atoms with Crippen LogP contribution < -0.4 is 9.64 Å². The number of rotatable bonds is 11. The molecule has 0 aliphatic heterocycles. The number of unbranched alkanes of at least 4 members (excludes halogenated alkanes) is 2. The Hall–Kier alpha value is -3.48. The normalized spacial score (nSPS) is 11.3. The molecule has 0 atom stereocenters. The highest BCUT2D eigenvalue weighted by atomic mass is 19.4. The summed E-state index contributed by atoms with van der Waals surface area (Å²) in [5.74, 6) is -0.485. The Bertz CT molecular complexity index is 1130. The van der Waals surface area contributed by atoms with Crippen molar-refractivity contribution in [3.63, 3.8) is 0 Å². The minimum atomic E-state index is -4.36. The molecule has 0 aliphatic carbocycles. The van der Waals surface area contributed by atoms with E-state index in [0.29, 0.717) is 12.3 Å². The maximum atomic E-state index is 12.9. The number of ether oxygens (including phenoxy) is 1. The first kappa shape index (κ1) is 26.1. The molecule has 7 heteroatoms. The molecule has 0 saturated heterocycles. The van der Waals surface area contributed by atoms with Gasteiger partial charge in [0.05, 0.1) is 5.56 Å². The lowest BCUT2D eigenvalue weighted by molar-refractivity contribution is -0.139. The summed E-state index contributed by atoms with van der Waals surface area (Å²) in [6, 6.07) is 18.8. The van der Waals surface area contributed by atoms with Gasteiger partial charge in [0.15, 0.2) is 6.61 Å². The predicted molar refractivity (Wildman–Crippen MR) is 132 cm³/mol. The predicted octanol–water partition coefficient (Wildman–Crippen LogP) is 7.34. The molecule has 35 heavy (non-hydrogen) atoms. The van der Waals surface area contributed by atoms with Crippen molar-refractivity contribution in [2.24, 2.45) is 0 Å². The number of anilines is 1. The lowest BCUT2D eigenvalue weighted by atomic mass is 10.0. The number of alkyl halides is 3. The maximum absolute atomic E-state index is 12.9. The van der Waals surface area contributed by atoms with Crippen LogP contribution in [0, 0.1) is 6.92 Å². The third-order valence-corrected chi connectivity index (χ3v) is 5.75. The molecule has 0 amide bonds. The van der Waals surface area contributed by atoms with Crippen LogP contribution in [0.3, 0.4) is 0 Å². The van der Waals surface area contributed by atoms with Gasteiger partial charge in [0.25, 0.3) is 0 Å². The van der Waals surface area contributed by atoms with Crippen LogP contribution in [0.5, 0.6) is 5.75 Å². The van der Waals surface area contributed by atoms with E-state index >= 15 is 0 Å². The fourth-order valence-electron chi connectivity index (χ4n) is 3.92. The van der Waals surface area contributed by atoms with Crippen molar-refractivity contribution in [1.29, 1.82) is 0 Å². The Morgan fingerprint density at radius 1 is 0.971 bits per heavy atom. The van der Waals surface area contributed by atoms with Gasteiger partial charge >= 0.3 is 12.1 Å². The van der Waals surface area contributed by atoms with Gasteiger partial charge in [-0.1, -0.05) is 56.2 Å². The number of aliphatic carboxylic acids is 1. The lowest BCUT2D eigenvalue weighted by Gasteiger charge is -2.26. The van der Waals surface area contributed by atoms with E-state index in [1.807, 2.05) is 43.3 Å². The minimum absolute atomic E-state index is 0.389. The molecule has 3 aromatic rings. The van der Waals surface area contributed by atoms with Crippen LogP contribution in [-0.2, 0) is 17.5 Å². The van der Waals surface area contributed by atoms with Crippen molar-refractivity contribution in [2.75, 3.05) is 18.1 Å². The molecule has 0 unspecified atom stereocenters. The molecule has 0 aliphatic rings. The summed E-state index contributed by atoms with van der Waals surface area (Å²) in [5.41, 5.74) is 3.82. The summed E-state index contributed by atoms with van der Waals surface area (Å²) in [4.78, 5) is 13.0. The van der Waals surface area contributed by atoms with Crippen molar-refractivity contribution >= 4 is 11.7 Å². The number of carboxylic acids is 1. The second kappa shape index (κ2) is 11.8. The van der Waals surface area contributed by atoms with E-state index in [0.717, 1.165) is 65.9 Å². The molecule has 0 bridgehead atoms. The van der Waals surface area contributed by atoms with E-state index < -0.39 is 17.7 Å². The molecular formula is C28H30F3NO3. The number of carbonyl (C=O) groups is 1. The third kappa shape index (κ3) is 7.50. The monoisotopic (exact) mass is 485 g/mol. The molecule has 3 rings (SSSR count). The van der Waals surface area contributed by atoms with Gasteiger partial charge in [-0.3, -0.25) is 0 Å². The van der Waals surface area contributed by atoms with Crippen LogP contribution in [0.15, 0.2) is 66.7 Å². The summed E-state index contributed by atoms with van der Waals surface area (Å²) in [6.45, 7) is 5.11. The summed E-state index contributed by atoms with van der Waals surface area (Å²) >= 11 is 0. The molecule has 1 N–H and O–H groups in total. The quantitative estimate of drug-likeness (QED) is 0.289. The van der Waals surface area contributed by atoms with Crippen molar-refractivity contribution < 1.29 is 27.8 Å². The zero-order valence-corrected chi connectivity index (χ0v) is 19.9. The van der Waals surface area contributed by atoms with Crippen LogP contribution in [0.25, 0.3) is 11.1 Å². The van der Waals surface area contributed by atoms with Crippen LogP contribution in [0.4, 0.5) is 18.9 Å². The van der Waals surface area contributed by atoms with Gasteiger partial charge in [0.2, 0.25) is 0 Å². The van der Waals surface area contributed by atoms with Crippen molar-refractivity contribution in [3.05, 3.63) is 83.4 Å². The topological polar surface area (TPSA) is 49.8 Å². The van der Waals surface area contributed by atoms with Gasteiger partial charge in [-0.25, -0.2) is 4.79 Å². The average Bonchev–Trinajstić information content (AvgIpc) is 2.82. The molecule has 0 heterocycles. The fraction of sp³-hybridized carbons (Fsp3) is 0.321. The van der Waals surface area contributed by atoms with E-state index in [1.165, 1.54) is 12.1 Å². The lowest BCUT2D eigenvalue weighted by Crippen LogP contribution is -2.24. The van der Waals surface area contributed by atoms with E-state index in [4.69, 9.17) is 9.84 Å². The number of halogens is 3. The van der Waals surface area contributed by atoms with Crippen LogP contribution in [-0.4, -0.2) is 24.2 Å². The van der Waals surface area contributed by atoms with E-state index in [-0.39, 0.29) is 6.61 Å². The van der Waals surface area contributed by atoms with Gasteiger partial charge in [-0.05, 0) is 65.9 Å². The van der Waals surface area contributed by atoms with Crippen molar-refractivity contribution in [1.82, 2.24) is 0 Å². The van der Waals surface area contributed by atoms with Gasteiger partial charge in [-0.2, -0.15) is 13.2 Å². The Morgan fingerprint density at radius 2 is 1.71 bits per heavy atom. The second-order valence-electron chi connectivity index (χ2n) is 8.54. The Balaban J connectivity index is 1.83. The Labute approximate surface area is 204 Å². The molecule has 0 spiro atoms. The highest BCUT2D eigenvalue weighted by molar-refractivity contribution is 5.69. The number of benzene rings is 3. The van der Waals surface area contributed by atoms with Crippen molar-refractivity contribution in [2.45, 2.75) is 45.8 Å². The minimum Gasteiger partial charge on any atom is -0.482 e. The molecule has 0 saturated carbocycles. The summed E-state index contributed by atoms with van der Waals surface area (Å²) < 4.78 is 44.1. The van der Waals surface area contributed by atoms with E-state index in [1.54, 1.807) is 6.07 Å². The summed E-state index contributed by atoms with van der Waals surface area (Å²) in [6.07, 6.45) is -1.16. The molecular weight excluding hydrogens is 455 g/mol. The maximum Gasteiger partial charge on any atom is 0.416 e. The summed E-state index contributed by atoms with van der Waals surface area (Å²) in [7, 11) is 0. The second-order valence-corrected chi connectivity index (χ2v) is 8.54. The van der Waals surface area contributed by atoms with E-state index in [9.17, 15) is 18.0 Å². The zero-order chi connectivity index (χ0) is 25.4. The van der Waals surface area contributed by atoms with Gasteiger partial charge < -0.3 is 14.7 Å². The Morgan fingerprint density at radius 3 is 2.34 bits per heavy atom. The van der Waals surface area contributed by atoms with Crippen LogP contribution in [0.2, 0.25) is 0 Å². The van der Waals surface area contributed by atoms with Crippen LogP contribution >= 0.6 is 0 Å². The SMILES string of the molecule is CCCCCN(Cc1ccc(OCC(=O)O)c(C)c1)c1cccc(-c2ccc(C(F)(F)F)cc2)c1. The molecule has 0 aromatic heterocycles. The molecule has 0 radical (unpaired) electrons. The number of hydrogen-bond donors (Lipinski definition) is 1. The highest BCUT2D eigenvalue weighted by Crippen LogP contribution is 2.32. The molecule has 3 aromatic carbocycles. The average molecular weight is 486 g/mol. The first-order valence-corrected chi connectivity index (χ1v) is 11.6.